The Balaban J connectivity index is 1.40. The van der Waals surface area contributed by atoms with Crippen molar-refractivity contribution >= 4 is 52.2 Å². The Morgan fingerprint density at radius 2 is 1.62 bits per heavy atom. The molecule has 1 aromatic heterocycles. The number of aromatic nitrogens is 1. The van der Waals surface area contributed by atoms with E-state index in [0.29, 0.717) is 26.8 Å². The summed E-state index contributed by atoms with van der Waals surface area (Å²) < 4.78 is 15.2. The fourth-order valence-corrected chi connectivity index (χ4v) is 7.89. The van der Waals surface area contributed by atoms with Crippen molar-refractivity contribution in [3.8, 4) is 5.75 Å². The predicted molar refractivity (Wildman–Crippen MR) is 150 cm³/mol. The Hall–Kier alpha value is -4.22. The lowest BCUT2D eigenvalue weighted by atomic mass is 9.83. The van der Waals surface area contributed by atoms with E-state index >= 15 is 0 Å². The van der Waals surface area contributed by atoms with Crippen molar-refractivity contribution in [1.82, 2.24) is 4.57 Å². The number of benzene rings is 3. The van der Waals surface area contributed by atoms with Crippen LogP contribution >= 0.6 is 23.1 Å². The Morgan fingerprint density at radius 3 is 2.30 bits per heavy atom. The van der Waals surface area contributed by atoms with Gasteiger partial charge < -0.3 is 10.4 Å². The van der Waals surface area contributed by atoms with Crippen molar-refractivity contribution in [2.45, 2.75) is 29.7 Å². The Bertz CT molecular complexity index is 1700. The van der Waals surface area contributed by atoms with E-state index in [9.17, 15) is 28.7 Å². The number of carbonyl (C=O) groups excluding carboxylic acids is 3. The Kier molecular flexibility index (Phi) is 6.55. The molecule has 1 fully saturated rings. The molecule has 4 aromatic rings. The lowest BCUT2D eigenvalue weighted by molar-refractivity contribution is -0.122. The molecule has 3 aromatic carbocycles. The first-order valence-corrected chi connectivity index (χ1v) is 14.1. The molecule has 3 amide bonds. The SMILES string of the molecule is Cc1ccc(N2C(=O)C3Sc4c(sc(=O)n4CC(=O)Nc4ccc(O)cc4)[C@H](c4ccc(F)cc4)C3C2=O)cc1. The van der Waals surface area contributed by atoms with Crippen LogP contribution in [0.1, 0.15) is 21.9 Å². The number of hydrogen-bond acceptors (Lipinski definition) is 7. The lowest BCUT2D eigenvalue weighted by Gasteiger charge is -2.30. The van der Waals surface area contributed by atoms with Gasteiger partial charge >= 0.3 is 4.87 Å². The highest BCUT2D eigenvalue weighted by Crippen LogP contribution is 2.53. The third-order valence-electron chi connectivity index (χ3n) is 7.02. The van der Waals surface area contributed by atoms with Crippen LogP contribution in [0.5, 0.6) is 5.75 Å². The number of fused-ring (bicyclic) bond motifs is 2. The van der Waals surface area contributed by atoms with Crippen LogP contribution in [0.15, 0.2) is 82.6 Å². The second-order valence-corrected chi connectivity index (χ2v) is 11.8. The van der Waals surface area contributed by atoms with E-state index in [1.54, 1.807) is 24.3 Å². The molecular formula is C29H22FN3O5S2. The standard InChI is InChI=1S/C29H22FN3O5S2/c1-15-2-10-19(11-3-15)33-26(36)23-22(16-4-6-17(30)7-5-16)25-28(39-24(23)27(33)37)32(29(38)40-25)14-21(35)31-18-8-12-20(34)13-9-18/h2-13,22-24,34H,14H2,1H3,(H,31,35)/t22-,23?,24?/m1/s1. The molecular weight excluding hydrogens is 553 g/mol. The number of thioether (sulfide) groups is 1. The largest absolute Gasteiger partial charge is 0.508 e. The summed E-state index contributed by atoms with van der Waals surface area (Å²) in [5.41, 5.74) is 2.49. The minimum Gasteiger partial charge on any atom is -0.508 e. The van der Waals surface area contributed by atoms with Gasteiger partial charge in [-0.25, -0.2) is 9.29 Å². The zero-order valence-corrected chi connectivity index (χ0v) is 22.7. The molecule has 0 bridgehead atoms. The molecule has 8 nitrogen and oxygen atoms in total. The monoisotopic (exact) mass is 575 g/mol. The Labute approximate surface area is 236 Å². The maximum absolute atomic E-state index is 13.8. The van der Waals surface area contributed by atoms with Crippen LogP contribution in [0, 0.1) is 18.7 Å². The Morgan fingerprint density at radius 1 is 0.950 bits per heavy atom. The van der Waals surface area contributed by atoms with E-state index in [1.165, 1.54) is 45.9 Å². The van der Waals surface area contributed by atoms with Gasteiger partial charge in [0.25, 0.3) is 0 Å². The van der Waals surface area contributed by atoms with Crippen molar-refractivity contribution in [2.75, 3.05) is 10.2 Å². The minimum atomic E-state index is -0.836. The highest BCUT2D eigenvalue weighted by atomic mass is 32.2. The van der Waals surface area contributed by atoms with Crippen molar-refractivity contribution in [2.24, 2.45) is 5.92 Å². The van der Waals surface area contributed by atoms with Gasteiger partial charge in [0.2, 0.25) is 17.7 Å². The number of carbonyl (C=O) groups is 3. The number of hydrogen-bond donors (Lipinski definition) is 2. The van der Waals surface area contributed by atoms with Crippen LogP contribution in [-0.2, 0) is 20.9 Å². The quantitative estimate of drug-likeness (QED) is 0.268. The number of nitrogens with one attached hydrogen (secondary N) is 1. The number of aryl methyl sites for hydroxylation is 1. The van der Waals surface area contributed by atoms with Gasteiger partial charge in [0.15, 0.2) is 0 Å². The van der Waals surface area contributed by atoms with E-state index in [4.69, 9.17) is 0 Å². The van der Waals surface area contributed by atoms with Gasteiger partial charge in [-0.1, -0.05) is 52.9 Å². The summed E-state index contributed by atoms with van der Waals surface area (Å²) in [7, 11) is 0. The molecule has 2 aliphatic heterocycles. The predicted octanol–water partition coefficient (Wildman–Crippen LogP) is 4.50. The number of halogens is 1. The molecule has 11 heteroatoms. The van der Waals surface area contributed by atoms with Crippen molar-refractivity contribution in [3.05, 3.63) is 104 Å². The number of phenolic OH excluding ortho intramolecular Hbond substituents is 1. The summed E-state index contributed by atoms with van der Waals surface area (Å²) in [6, 6.07) is 18.7. The second kappa shape index (κ2) is 10.1. The summed E-state index contributed by atoms with van der Waals surface area (Å²) in [5.74, 6) is -3.14. The zero-order valence-electron chi connectivity index (χ0n) is 21.0. The highest BCUT2D eigenvalue weighted by Gasteiger charge is 2.56. The second-order valence-electron chi connectivity index (χ2n) is 9.66. The molecule has 3 atom stereocenters. The number of anilines is 2. The summed E-state index contributed by atoms with van der Waals surface area (Å²) in [4.78, 5) is 55.0. The van der Waals surface area contributed by atoms with Crippen LogP contribution in [0.4, 0.5) is 15.8 Å². The molecule has 0 radical (unpaired) electrons. The van der Waals surface area contributed by atoms with Gasteiger partial charge in [0, 0.05) is 16.5 Å². The molecule has 2 N–H and O–H groups in total. The van der Waals surface area contributed by atoms with Crippen LogP contribution in [0.25, 0.3) is 0 Å². The first kappa shape index (κ1) is 26.0. The number of phenols is 1. The topological polar surface area (TPSA) is 109 Å². The van der Waals surface area contributed by atoms with Crippen molar-refractivity contribution < 1.29 is 23.9 Å². The summed E-state index contributed by atoms with van der Waals surface area (Å²) in [6.45, 7) is 1.60. The van der Waals surface area contributed by atoms with Gasteiger partial charge in [-0.05, 0) is 61.0 Å². The van der Waals surface area contributed by atoms with E-state index in [1.807, 2.05) is 19.1 Å². The number of nitrogens with zero attached hydrogens (tertiary/aromatic N) is 2. The van der Waals surface area contributed by atoms with Crippen LogP contribution in [-0.4, -0.2) is 32.6 Å². The van der Waals surface area contributed by atoms with E-state index in [2.05, 4.69) is 5.32 Å². The van der Waals surface area contributed by atoms with Gasteiger partial charge in [-0.2, -0.15) is 0 Å². The van der Waals surface area contributed by atoms with Crippen LogP contribution in [0.2, 0.25) is 0 Å². The minimum absolute atomic E-state index is 0.0503. The first-order valence-electron chi connectivity index (χ1n) is 12.4. The highest BCUT2D eigenvalue weighted by molar-refractivity contribution is 8.00. The first-order chi connectivity index (χ1) is 19.2. The number of rotatable bonds is 5. The van der Waals surface area contributed by atoms with Crippen molar-refractivity contribution in [3.63, 3.8) is 0 Å². The third-order valence-corrected chi connectivity index (χ3v) is 9.63. The molecule has 2 unspecified atom stereocenters. The molecule has 1 saturated heterocycles. The van der Waals surface area contributed by atoms with Gasteiger partial charge in [-0.3, -0.25) is 23.7 Å². The molecule has 40 heavy (non-hydrogen) atoms. The average Bonchev–Trinajstić information content (AvgIpc) is 3.37. The van der Waals surface area contributed by atoms with Gasteiger partial charge in [0.1, 0.15) is 23.4 Å². The zero-order chi connectivity index (χ0) is 28.1. The van der Waals surface area contributed by atoms with E-state index in [-0.39, 0.29) is 18.2 Å². The van der Waals surface area contributed by atoms with Crippen LogP contribution in [0.3, 0.4) is 0 Å². The smallest absolute Gasteiger partial charge is 0.308 e. The number of thiazole rings is 1. The fourth-order valence-electron chi connectivity index (χ4n) is 5.12. The maximum Gasteiger partial charge on any atom is 0.308 e. The fraction of sp³-hybridized carbons (Fsp3) is 0.172. The van der Waals surface area contributed by atoms with Crippen molar-refractivity contribution in [1.29, 1.82) is 0 Å². The van der Waals surface area contributed by atoms with E-state index < -0.39 is 39.6 Å². The van der Waals surface area contributed by atoms with Gasteiger partial charge in [0.05, 0.1) is 16.6 Å². The van der Waals surface area contributed by atoms with Gasteiger partial charge in [-0.15, -0.1) is 0 Å². The molecule has 3 heterocycles. The van der Waals surface area contributed by atoms with Crippen LogP contribution < -0.4 is 15.1 Å². The van der Waals surface area contributed by atoms with E-state index in [0.717, 1.165) is 28.7 Å². The molecule has 6 rings (SSSR count). The normalized spacial score (nSPS) is 19.9. The molecule has 0 spiro atoms. The molecule has 202 valence electrons. The number of imide groups is 1. The summed E-state index contributed by atoms with van der Waals surface area (Å²) in [5, 5.41) is 11.8. The average molecular weight is 576 g/mol. The molecule has 0 saturated carbocycles. The third kappa shape index (κ3) is 4.50. The summed E-state index contributed by atoms with van der Waals surface area (Å²) >= 11 is 2.04. The maximum atomic E-state index is 13.8. The molecule has 2 aliphatic rings. The number of aromatic hydroxyl groups is 1. The molecule has 0 aliphatic carbocycles. The lowest BCUT2D eigenvalue weighted by Crippen LogP contribution is -2.33. The number of amides is 3. The summed E-state index contributed by atoms with van der Waals surface area (Å²) in [6.07, 6.45) is 0.